The monoisotopic (exact) mass is 327 g/mol. The van der Waals surface area contributed by atoms with E-state index in [1.807, 2.05) is 53.0 Å². The topological polar surface area (TPSA) is 47.4 Å². The number of aromatic nitrogens is 2. The van der Waals surface area contributed by atoms with E-state index < -0.39 is 0 Å². The fourth-order valence-electron chi connectivity index (χ4n) is 3.28. The molecule has 5 heteroatoms. The molecule has 2 aromatic rings. The van der Waals surface area contributed by atoms with Crippen molar-refractivity contribution >= 4 is 5.91 Å². The Morgan fingerprint density at radius 3 is 3.04 bits per heavy atom. The minimum absolute atomic E-state index is 0.0849. The van der Waals surface area contributed by atoms with Gasteiger partial charge in [-0.25, -0.2) is 0 Å². The summed E-state index contributed by atoms with van der Waals surface area (Å²) in [6.07, 6.45) is 8.03. The molecule has 1 aliphatic heterocycles. The number of amides is 1. The highest BCUT2D eigenvalue weighted by atomic mass is 16.5. The van der Waals surface area contributed by atoms with Crippen LogP contribution in [0.4, 0.5) is 0 Å². The van der Waals surface area contributed by atoms with Crippen LogP contribution < -0.4 is 4.74 Å². The van der Waals surface area contributed by atoms with E-state index in [9.17, 15) is 4.79 Å². The van der Waals surface area contributed by atoms with Gasteiger partial charge in [0.25, 0.3) is 5.91 Å². The second-order valence-electron chi connectivity index (χ2n) is 6.40. The molecular weight excluding hydrogens is 302 g/mol. The number of hydrogen-bond acceptors (Lipinski definition) is 3. The Morgan fingerprint density at radius 1 is 1.33 bits per heavy atom. The maximum absolute atomic E-state index is 12.6. The Labute approximate surface area is 143 Å². The Morgan fingerprint density at radius 2 is 2.25 bits per heavy atom. The van der Waals surface area contributed by atoms with E-state index in [1.54, 1.807) is 6.20 Å². The lowest BCUT2D eigenvalue weighted by molar-refractivity contribution is -0.137. The molecule has 1 aromatic heterocycles. The third-order valence-corrected chi connectivity index (χ3v) is 4.55. The lowest BCUT2D eigenvalue weighted by Gasteiger charge is -2.35. The first kappa shape index (κ1) is 16.6. The highest BCUT2D eigenvalue weighted by Crippen LogP contribution is 2.21. The number of nitrogens with zero attached hydrogens (tertiary/aromatic N) is 3. The molecule has 3 rings (SSSR count). The standard InChI is InChI=1S/C19H25N3O2/c1-16-6-4-8-18(14-16)24-15-19(23)22-12-3-2-7-17(22)9-13-21-11-5-10-20-21/h4-6,8,10-11,14,17H,2-3,7,9,12-13,15H2,1H3/t17-/m1/s1. The molecule has 0 saturated carbocycles. The molecule has 1 aliphatic rings. The molecule has 0 spiro atoms. The second-order valence-corrected chi connectivity index (χ2v) is 6.40. The van der Waals surface area contributed by atoms with Crippen LogP contribution >= 0.6 is 0 Å². The number of carbonyl (C=O) groups excluding carboxylic acids is 1. The molecule has 1 atom stereocenters. The predicted molar refractivity (Wildman–Crippen MR) is 92.9 cm³/mol. The average Bonchev–Trinajstić information content (AvgIpc) is 3.12. The predicted octanol–water partition coefficient (Wildman–Crippen LogP) is 3.04. The van der Waals surface area contributed by atoms with Gasteiger partial charge >= 0.3 is 0 Å². The number of piperidine rings is 1. The molecule has 1 aromatic carbocycles. The highest BCUT2D eigenvalue weighted by Gasteiger charge is 2.26. The average molecular weight is 327 g/mol. The summed E-state index contributed by atoms with van der Waals surface area (Å²) in [6, 6.07) is 10.0. The van der Waals surface area contributed by atoms with Crippen molar-refractivity contribution in [3.8, 4) is 5.75 Å². The van der Waals surface area contributed by atoms with Gasteiger partial charge in [0.15, 0.2) is 6.61 Å². The zero-order chi connectivity index (χ0) is 16.8. The van der Waals surface area contributed by atoms with Crippen LogP contribution in [0.3, 0.4) is 0 Å². The summed E-state index contributed by atoms with van der Waals surface area (Å²) in [5, 5.41) is 4.24. The van der Waals surface area contributed by atoms with Crippen molar-refractivity contribution in [2.75, 3.05) is 13.2 Å². The van der Waals surface area contributed by atoms with Crippen LogP contribution in [0.2, 0.25) is 0 Å². The molecule has 0 aliphatic carbocycles. The smallest absolute Gasteiger partial charge is 0.260 e. The molecule has 5 nitrogen and oxygen atoms in total. The van der Waals surface area contributed by atoms with E-state index in [2.05, 4.69) is 5.10 Å². The zero-order valence-corrected chi connectivity index (χ0v) is 14.2. The lowest BCUT2D eigenvalue weighted by atomic mass is 9.99. The number of ether oxygens (including phenoxy) is 1. The molecule has 0 unspecified atom stereocenters. The summed E-state index contributed by atoms with van der Waals surface area (Å²) >= 11 is 0. The van der Waals surface area contributed by atoms with Gasteiger partial charge in [-0.3, -0.25) is 9.48 Å². The van der Waals surface area contributed by atoms with E-state index in [0.717, 1.165) is 43.7 Å². The first-order valence-electron chi connectivity index (χ1n) is 8.69. The maximum atomic E-state index is 12.6. The molecule has 2 heterocycles. The van der Waals surface area contributed by atoms with E-state index in [-0.39, 0.29) is 18.6 Å². The van der Waals surface area contributed by atoms with Crippen LogP contribution in [-0.4, -0.2) is 39.8 Å². The molecule has 0 N–H and O–H groups in total. The summed E-state index contributed by atoms with van der Waals surface area (Å²) in [7, 11) is 0. The summed E-state index contributed by atoms with van der Waals surface area (Å²) in [5.41, 5.74) is 1.13. The van der Waals surface area contributed by atoms with E-state index in [0.29, 0.717) is 0 Å². The van der Waals surface area contributed by atoms with Crippen molar-refractivity contribution < 1.29 is 9.53 Å². The van der Waals surface area contributed by atoms with Gasteiger partial charge in [0.2, 0.25) is 0 Å². The summed E-state index contributed by atoms with van der Waals surface area (Å²) in [4.78, 5) is 14.6. The molecule has 128 valence electrons. The number of hydrogen-bond donors (Lipinski definition) is 0. The van der Waals surface area contributed by atoms with Gasteiger partial charge < -0.3 is 9.64 Å². The lowest BCUT2D eigenvalue weighted by Crippen LogP contribution is -2.46. The van der Waals surface area contributed by atoms with Gasteiger partial charge in [-0.1, -0.05) is 12.1 Å². The summed E-state index contributed by atoms with van der Waals surface area (Å²) < 4.78 is 7.62. The van der Waals surface area contributed by atoms with E-state index >= 15 is 0 Å². The Hall–Kier alpha value is -2.30. The van der Waals surface area contributed by atoms with Crippen molar-refractivity contribution in [3.63, 3.8) is 0 Å². The fourth-order valence-corrected chi connectivity index (χ4v) is 3.28. The molecule has 24 heavy (non-hydrogen) atoms. The summed E-state index contributed by atoms with van der Waals surface area (Å²) in [5.74, 6) is 0.843. The van der Waals surface area contributed by atoms with Gasteiger partial charge in [0.05, 0.1) is 0 Å². The van der Waals surface area contributed by atoms with Crippen molar-refractivity contribution in [1.82, 2.24) is 14.7 Å². The molecule has 0 bridgehead atoms. The Kier molecular flexibility index (Phi) is 5.51. The Bertz CT molecular complexity index is 654. The minimum Gasteiger partial charge on any atom is -0.484 e. The molecule has 1 fully saturated rings. The summed E-state index contributed by atoms with van der Waals surface area (Å²) in [6.45, 7) is 3.81. The van der Waals surface area contributed by atoms with Crippen LogP contribution in [-0.2, 0) is 11.3 Å². The molecule has 1 amide bonds. The quantitative estimate of drug-likeness (QED) is 0.819. The number of carbonyl (C=O) groups is 1. The van der Waals surface area contributed by atoms with Crippen LogP contribution in [0.1, 0.15) is 31.2 Å². The van der Waals surface area contributed by atoms with E-state index in [4.69, 9.17) is 4.74 Å². The van der Waals surface area contributed by atoms with Crippen molar-refractivity contribution in [3.05, 3.63) is 48.3 Å². The maximum Gasteiger partial charge on any atom is 0.260 e. The highest BCUT2D eigenvalue weighted by molar-refractivity contribution is 5.78. The number of likely N-dealkylation sites (tertiary alicyclic amines) is 1. The number of aryl methyl sites for hydroxylation is 2. The normalized spacial score (nSPS) is 17.7. The van der Waals surface area contributed by atoms with Crippen LogP contribution in [0.5, 0.6) is 5.75 Å². The van der Waals surface area contributed by atoms with Gasteiger partial charge in [0, 0.05) is 31.5 Å². The van der Waals surface area contributed by atoms with Gasteiger partial charge in [-0.05, 0) is 56.4 Å². The third-order valence-electron chi connectivity index (χ3n) is 4.55. The van der Waals surface area contributed by atoms with Crippen LogP contribution in [0.15, 0.2) is 42.7 Å². The minimum atomic E-state index is 0.0849. The van der Waals surface area contributed by atoms with E-state index in [1.165, 1.54) is 6.42 Å². The molecule has 0 radical (unpaired) electrons. The number of benzene rings is 1. The third kappa shape index (κ3) is 4.37. The van der Waals surface area contributed by atoms with Crippen LogP contribution in [0.25, 0.3) is 0 Å². The second kappa shape index (κ2) is 7.99. The van der Waals surface area contributed by atoms with Crippen molar-refractivity contribution in [2.24, 2.45) is 0 Å². The molecule has 1 saturated heterocycles. The van der Waals surface area contributed by atoms with Crippen molar-refractivity contribution in [1.29, 1.82) is 0 Å². The van der Waals surface area contributed by atoms with Crippen molar-refractivity contribution in [2.45, 2.75) is 45.2 Å². The first-order valence-corrected chi connectivity index (χ1v) is 8.69. The Balaban J connectivity index is 1.54. The fraction of sp³-hybridized carbons (Fsp3) is 0.474. The SMILES string of the molecule is Cc1cccc(OCC(=O)N2CCCC[C@@H]2CCn2cccn2)c1. The zero-order valence-electron chi connectivity index (χ0n) is 14.2. The van der Waals surface area contributed by atoms with Gasteiger partial charge in [-0.15, -0.1) is 0 Å². The number of rotatable bonds is 6. The molecular formula is C19H25N3O2. The van der Waals surface area contributed by atoms with Gasteiger partial charge in [0.1, 0.15) is 5.75 Å². The first-order chi connectivity index (χ1) is 11.7. The van der Waals surface area contributed by atoms with Crippen LogP contribution in [0, 0.1) is 6.92 Å². The largest absolute Gasteiger partial charge is 0.484 e. The van der Waals surface area contributed by atoms with Gasteiger partial charge in [-0.2, -0.15) is 5.10 Å².